The molecule has 30 heavy (non-hydrogen) atoms. The summed E-state index contributed by atoms with van der Waals surface area (Å²) in [6, 6.07) is 38.0. The highest BCUT2D eigenvalue weighted by molar-refractivity contribution is 5.88. The van der Waals surface area contributed by atoms with E-state index < -0.39 is 0 Å². The van der Waals surface area contributed by atoms with E-state index in [4.69, 9.17) is 0 Å². The van der Waals surface area contributed by atoms with Crippen molar-refractivity contribution < 1.29 is 0 Å². The van der Waals surface area contributed by atoms with Gasteiger partial charge in [-0.2, -0.15) is 0 Å². The minimum absolute atomic E-state index is 0.308. The highest BCUT2D eigenvalue weighted by Crippen LogP contribution is 2.56. The van der Waals surface area contributed by atoms with Gasteiger partial charge in [0.2, 0.25) is 0 Å². The Morgan fingerprint density at radius 1 is 0.567 bits per heavy atom. The van der Waals surface area contributed by atoms with Crippen molar-refractivity contribution in [1.82, 2.24) is 0 Å². The van der Waals surface area contributed by atoms with Crippen molar-refractivity contribution in [1.29, 1.82) is 0 Å². The van der Waals surface area contributed by atoms with Gasteiger partial charge in [0, 0.05) is 0 Å². The Labute approximate surface area is 177 Å². The molecule has 142 valence electrons. The van der Waals surface area contributed by atoms with E-state index in [9.17, 15) is 0 Å². The quantitative estimate of drug-likeness (QED) is 0.305. The maximum absolute atomic E-state index is 2.44. The molecule has 0 aromatic heterocycles. The van der Waals surface area contributed by atoms with E-state index in [2.05, 4.69) is 121 Å². The average molecular weight is 383 g/mol. The minimum atomic E-state index is -0.308. The summed E-state index contributed by atoms with van der Waals surface area (Å²) < 4.78 is 0. The normalized spacial score (nSPS) is 15.5. The van der Waals surface area contributed by atoms with Crippen molar-refractivity contribution in [3.63, 3.8) is 0 Å². The Kier molecular flexibility index (Phi) is 3.86. The lowest BCUT2D eigenvalue weighted by atomic mass is 9.67. The van der Waals surface area contributed by atoms with Crippen molar-refractivity contribution in [3.05, 3.63) is 149 Å². The molecule has 0 saturated heterocycles. The number of rotatable bonds is 3. The monoisotopic (exact) mass is 382 g/mol. The Bertz CT molecular complexity index is 1250. The summed E-state index contributed by atoms with van der Waals surface area (Å²) in [5.74, 6) is 0. The Morgan fingerprint density at radius 2 is 1.20 bits per heavy atom. The molecule has 4 aromatic rings. The number of hydrogen-bond donors (Lipinski definition) is 0. The molecular formula is C30H22. The summed E-state index contributed by atoms with van der Waals surface area (Å²) in [7, 11) is 0. The summed E-state index contributed by atoms with van der Waals surface area (Å²) in [6.45, 7) is 0. The van der Waals surface area contributed by atoms with Crippen LogP contribution in [0.4, 0.5) is 0 Å². The lowest BCUT2D eigenvalue weighted by Crippen LogP contribution is -2.28. The van der Waals surface area contributed by atoms with E-state index in [1.165, 1.54) is 44.5 Å². The highest BCUT2D eigenvalue weighted by atomic mass is 14.5. The van der Waals surface area contributed by atoms with Gasteiger partial charge >= 0.3 is 0 Å². The molecule has 0 heteroatoms. The Balaban J connectivity index is 1.74. The van der Waals surface area contributed by atoms with Crippen LogP contribution in [0.3, 0.4) is 0 Å². The smallest absolute Gasteiger partial charge is 0.0713 e. The van der Waals surface area contributed by atoms with Crippen LogP contribution in [-0.2, 0) is 5.41 Å². The fraction of sp³-hybridized carbons (Fsp3) is 0.0667. The molecule has 6 rings (SSSR count). The van der Waals surface area contributed by atoms with Crippen LogP contribution in [0, 0.1) is 0 Å². The van der Waals surface area contributed by atoms with Crippen LogP contribution in [0.25, 0.3) is 16.7 Å². The van der Waals surface area contributed by atoms with Crippen LogP contribution in [0.2, 0.25) is 0 Å². The van der Waals surface area contributed by atoms with Crippen LogP contribution in [0.15, 0.2) is 121 Å². The molecule has 0 spiro atoms. The molecule has 0 saturated carbocycles. The van der Waals surface area contributed by atoms with Crippen molar-refractivity contribution in [2.45, 2.75) is 11.8 Å². The first-order valence-corrected chi connectivity index (χ1v) is 10.6. The van der Waals surface area contributed by atoms with Gasteiger partial charge in [0.1, 0.15) is 0 Å². The average Bonchev–Trinajstić information content (AvgIpc) is 3.46. The van der Waals surface area contributed by atoms with Gasteiger partial charge in [-0.1, -0.05) is 115 Å². The third kappa shape index (κ3) is 2.34. The maximum Gasteiger partial charge on any atom is 0.0713 e. The zero-order valence-corrected chi connectivity index (χ0v) is 16.8. The Morgan fingerprint density at radius 3 is 1.87 bits per heavy atom. The van der Waals surface area contributed by atoms with E-state index >= 15 is 0 Å². The minimum Gasteiger partial charge on any atom is -0.0801 e. The summed E-state index contributed by atoms with van der Waals surface area (Å²) >= 11 is 0. The van der Waals surface area contributed by atoms with Crippen LogP contribution >= 0.6 is 0 Å². The summed E-state index contributed by atoms with van der Waals surface area (Å²) in [6.07, 6.45) is 7.66. The zero-order chi connectivity index (χ0) is 20.0. The molecule has 0 bridgehead atoms. The van der Waals surface area contributed by atoms with Crippen LogP contribution < -0.4 is 0 Å². The molecule has 4 aromatic carbocycles. The SMILES string of the molecule is C1=CCC(c2ccc3c(c2)C(c2ccccc2)(c2ccccc2)c2ccccc2-3)=C1. The molecule has 2 aliphatic carbocycles. The van der Waals surface area contributed by atoms with Gasteiger partial charge in [-0.3, -0.25) is 0 Å². The second kappa shape index (κ2) is 6.71. The summed E-state index contributed by atoms with van der Waals surface area (Å²) in [4.78, 5) is 0. The van der Waals surface area contributed by atoms with Crippen molar-refractivity contribution in [2.24, 2.45) is 0 Å². The maximum atomic E-state index is 2.44. The highest BCUT2D eigenvalue weighted by Gasteiger charge is 2.45. The van der Waals surface area contributed by atoms with E-state index in [-0.39, 0.29) is 5.41 Å². The molecular weight excluding hydrogens is 360 g/mol. The predicted octanol–water partition coefficient (Wildman–Crippen LogP) is 7.39. The number of benzene rings is 4. The van der Waals surface area contributed by atoms with Gasteiger partial charge < -0.3 is 0 Å². The predicted molar refractivity (Wildman–Crippen MR) is 125 cm³/mol. The van der Waals surface area contributed by atoms with E-state index in [0.717, 1.165) is 6.42 Å². The molecule has 0 amide bonds. The zero-order valence-electron chi connectivity index (χ0n) is 16.8. The molecule has 0 nitrogen and oxygen atoms in total. The van der Waals surface area contributed by atoms with Crippen LogP contribution in [0.5, 0.6) is 0 Å². The molecule has 0 atom stereocenters. The molecule has 0 N–H and O–H groups in total. The molecule has 0 radical (unpaired) electrons. The third-order valence-electron chi connectivity index (χ3n) is 6.60. The van der Waals surface area contributed by atoms with Gasteiger partial charge in [0.15, 0.2) is 0 Å². The number of allylic oxidation sites excluding steroid dienone is 4. The molecule has 0 fully saturated rings. The van der Waals surface area contributed by atoms with Gasteiger partial charge in [-0.25, -0.2) is 0 Å². The number of hydrogen-bond acceptors (Lipinski definition) is 0. The van der Waals surface area contributed by atoms with Gasteiger partial charge in [0.05, 0.1) is 5.41 Å². The largest absolute Gasteiger partial charge is 0.0801 e. The van der Waals surface area contributed by atoms with Crippen molar-refractivity contribution in [3.8, 4) is 11.1 Å². The first-order chi connectivity index (χ1) is 14.9. The lowest BCUT2D eigenvalue weighted by Gasteiger charge is -2.34. The molecule has 2 aliphatic rings. The van der Waals surface area contributed by atoms with E-state index in [1.54, 1.807) is 0 Å². The van der Waals surface area contributed by atoms with Crippen molar-refractivity contribution in [2.75, 3.05) is 0 Å². The molecule has 0 aliphatic heterocycles. The summed E-state index contributed by atoms with van der Waals surface area (Å²) in [5, 5.41) is 0. The van der Waals surface area contributed by atoms with Crippen LogP contribution in [0.1, 0.15) is 34.2 Å². The second-order valence-corrected chi connectivity index (χ2v) is 8.11. The number of fused-ring (bicyclic) bond motifs is 3. The van der Waals surface area contributed by atoms with E-state index in [1.807, 2.05) is 0 Å². The van der Waals surface area contributed by atoms with Crippen molar-refractivity contribution >= 4 is 5.57 Å². The third-order valence-corrected chi connectivity index (χ3v) is 6.60. The molecule has 0 unspecified atom stereocenters. The first-order valence-electron chi connectivity index (χ1n) is 10.6. The Hall–Kier alpha value is -3.64. The van der Waals surface area contributed by atoms with Gasteiger partial charge in [-0.05, 0) is 57.0 Å². The standard InChI is InChI=1S/C30H22/c1-3-13-24(14-4-1)30(25-15-5-2-6-16-25)28-18-10-9-17-26(28)27-20-19-23(21-29(27)30)22-11-7-8-12-22/h1-11,13-21H,12H2. The van der Waals surface area contributed by atoms with Crippen LogP contribution in [-0.4, -0.2) is 0 Å². The van der Waals surface area contributed by atoms with Gasteiger partial charge in [-0.15, -0.1) is 0 Å². The van der Waals surface area contributed by atoms with E-state index in [0.29, 0.717) is 0 Å². The summed E-state index contributed by atoms with van der Waals surface area (Å²) in [5.41, 5.74) is 10.5. The lowest BCUT2D eigenvalue weighted by molar-refractivity contribution is 0.768. The second-order valence-electron chi connectivity index (χ2n) is 8.11. The first kappa shape index (κ1) is 17.2. The fourth-order valence-electron chi connectivity index (χ4n) is 5.31. The molecule has 0 heterocycles. The van der Waals surface area contributed by atoms with Gasteiger partial charge in [0.25, 0.3) is 0 Å². The fourth-order valence-corrected chi connectivity index (χ4v) is 5.31. The topological polar surface area (TPSA) is 0 Å².